The molecule has 1 aliphatic heterocycles. The predicted molar refractivity (Wildman–Crippen MR) is 131 cm³/mol. The summed E-state index contributed by atoms with van der Waals surface area (Å²) >= 11 is 0. The molecule has 1 fully saturated rings. The van der Waals surface area contributed by atoms with Gasteiger partial charge in [0.05, 0.1) is 16.1 Å². The van der Waals surface area contributed by atoms with Gasteiger partial charge >= 0.3 is 5.97 Å². The molecule has 0 N–H and O–H groups in total. The van der Waals surface area contributed by atoms with E-state index in [1.165, 1.54) is 28.6 Å². The highest BCUT2D eigenvalue weighted by Crippen LogP contribution is 2.27. The summed E-state index contributed by atoms with van der Waals surface area (Å²) < 4.78 is 32.6. The van der Waals surface area contributed by atoms with Crippen LogP contribution in [0.3, 0.4) is 0 Å². The van der Waals surface area contributed by atoms with Crippen LogP contribution in [0.5, 0.6) is 0 Å². The Morgan fingerprint density at radius 3 is 2.41 bits per heavy atom. The smallest absolute Gasteiger partial charge is 0.338 e. The van der Waals surface area contributed by atoms with E-state index < -0.39 is 22.6 Å². The van der Waals surface area contributed by atoms with E-state index in [9.17, 15) is 18.0 Å². The van der Waals surface area contributed by atoms with Crippen molar-refractivity contribution >= 4 is 38.4 Å². The Kier molecular flexibility index (Phi) is 7.29. The maximum absolute atomic E-state index is 12.9. The number of hydrogen-bond acceptors (Lipinski definition) is 5. The average molecular weight is 481 g/mol. The van der Waals surface area contributed by atoms with Crippen LogP contribution in [0.1, 0.15) is 36.5 Å². The molecule has 1 heterocycles. The quantitative estimate of drug-likeness (QED) is 0.473. The molecule has 34 heavy (non-hydrogen) atoms. The number of fused-ring (bicyclic) bond motifs is 1. The SMILES string of the molecule is CCN(C(=O)COC(=O)c1cccc(S(=O)(=O)N2CCCCC2)c1)c1cccc2ccccc12. The van der Waals surface area contributed by atoms with Crippen molar-refractivity contribution in [2.24, 2.45) is 0 Å². The van der Waals surface area contributed by atoms with E-state index in [-0.39, 0.29) is 16.4 Å². The molecule has 0 bridgehead atoms. The highest BCUT2D eigenvalue weighted by molar-refractivity contribution is 7.89. The molecular formula is C26H28N2O5S. The van der Waals surface area contributed by atoms with E-state index in [2.05, 4.69) is 0 Å². The molecule has 1 amide bonds. The summed E-state index contributed by atoms with van der Waals surface area (Å²) in [6, 6.07) is 19.3. The molecule has 0 atom stereocenters. The van der Waals surface area contributed by atoms with E-state index in [1.807, 2.05) is 49.4 Å². The van der Waals surface area contributed by atoms with Crippen LogP contribution in [0, 0.1) is 0 Å². The van der Waals surface area contributed by atoms with Crippen molar-refractivity contribution in [3.63, 3.8) is 0 Å². The number of ether oxygens (including phenoxy) is 1. The molecular weight excluding hydrogens is 452 g/mol. The van der Waals surface area contributed by atoms with E-state index in [0.717, 1.165) is 35.7 Å². The first-order valence-electron chi connectivity index (χ1n) is 11.5. The second-order valence-electron chi connectivity index (χ2n) is 8.20. The minimum Gasteiger partial charge on any atom is -0.452 e. The largest absolute Gasteiger partial charge is 0.452 e. The van der Waals surface area contributed by atoms with Crippen LogP contribution in [0.2, 0.25) is 0 Å². The number of rotatable bonds is 7. The van der Waals surface area contributed by atoms with Crippen LogP contribution in [-0.2, 0) is 19.6 Å². The van der Waals surface area contributed by atoms with E-state index in [4.69, 9.17) is 4.74 Å². The summed E-state index contributed by atoms with van der Waals surface area (Å²) in [7, 11) is -3.67. The molecule has 178 valence electrons. The van der Waals surface area contributed by atoms with Crippen LogP contribution >= 0.6 is 0 Å². The first kappa shape index (κ1) is 23.9. The van der Waals surface area contributed by atoms with Crippen LogP contribution in [0.4, 0.5) is 5.69 Å². The van der Waals surface area contributed by atoms with Crippen LogP contribution in [-0.4, -0.2) is 50.8 Å². The van der Waals surface area contributed by atoms with Crippen LogP contribution in [0.25, 0.3) is 10.8 Å². The fourth-order valence-electron chi connectivity index (χ4n) is 4.25. The van der Waals surface area contributed by atoms with E-state index in [1.54, 1.807) is 4.90 Å². The van der Waals surface area contributed by atoms with Gasteiger partial charge in [-0.2, -0.15) is 4.31 Å². The minimum absolute atomic E-state index is 0.0566. The average Bonchev–Trinajstić information content (AvgIpc) is 2.88. The first-order chi connectivity index (χ1) is 16.4. The lowest BCUT2D eigenvalue weighted by atomic mass is 10.1. The third-order valence-electron chi connectivity index (χ3n) is 6.02. The van der Waals surface area contributed by atoms with Crippen molar-refractivity contribution in [2.75, 3.05) is 31.1 Å². The molecule has 1 saturated heterocycles. The lowest BCUT2D eigenvalue weighted by Crippen LogP contribution is -2.35. The highest BCUT2D eigenvalue weighted by Gasteiger charge is 2.27. The number of esters is 1. The maximum Gasteiger partial charge on any atom is 0.338 e. The number of likely N-dealkylation sites (N-methyl/N-ethyl adjacent to an activating group) is 1. The third kappa shape index (κ3) is 4.98. The molecule has 4 rings (SSSR count). The summed E-state index contributed by atoms with van der Waals surface area (Å²) in [5.74, 6) is -1.10. The van der Waals surface area contributed by atoms with Gasteiger partial charge in [0, 0.05) is 25.0 Å². The Balaban J connectivity index is 1.47. The van der Waals surface area contributed by atoms with Gasteiger partial charge < -0.3 is 9.64 Å². The van der Waals surface area contributed by atoms with E-state index >= 15 is 0 Å². The molecule has 0 unspecified atom stereocenters. The third-order valence-corrected chi connectivity index (χ3v) is 7.92. The molecule has 0 aliphatic carbocycles. The highest BCUT2D eigenvalue weighted by atomic mass is 32.2. The number of carbonyl (C=O) groups is 2. The lowest BCUT2D eigenvalue weighted by Gasteiger charge is -2.26. The van der Waals surface area contributed by atoms with E-state index in [0.29, 0.717) is 19.6 Å². The monoisotopic (exact) mass is 480 g/mol. The molecule has 0 radical (unpaired) electrons. The number of sulfonamides is 1. The fraction of sp³-hybridized carbons (Fsp3) is 0.308. The van der Waals surface area contributed by atoms with Gasteiger partial charge in [-0.15, -0.1) is 0 Å². The number of piperidine rings is 1. The zero-order valence-electron chi connectivity index (χ0n) is 19.1. The molecule has 1 aliphatic rings. The summed E-state index contributed by atoms with van der Waals surface area (Å²) in [5.41, 5.74) is 0.843. The standard InChI is InChI=1S/C26H28N2O5S/c1-2-28(24-15-9-11-20-10-4-5-14-23(20)24)25(29)19-33-26(30)21-12-8-13-22(18-21)34(31,32)27-16-6-3-7-17-27/h4-5,8-15,18H,2-3,6-7,16-17,19H2,1H3. The number of anilines is 1. The predicted octanol–water partition coefficient (Wildman–Crippen LogP) is 4.22. The van der Waals surface area contributed by atoms with Gasteiger partial charge in [0.2, 0.25) is 10.0 Å². The Morgan fingerprint density at radius 1 is 0.941 bits per heavy atom. The second-order valence-corrected chi connectivity index (χ2v) is 10.1. The number of hydrogen-bond donors (Lipinski definition) is 0. The zero-order valence-corrected chi connectivity index (χ0v) is 20.0. The lowest BCUT2D eigenvalue weighted by molar-refractivity contribution is -0.121. The fourth-order valence-corrected chi connectivity index (χ4v) is 5.81. The minimum atomic E-state index is -3.67. The van der Waals surface area contributed by atoms with Gasteiger partial charge in [0.15, 0.2) is 6.61 Å². The van der Waals surface area contributed by atoms with Gasteiger partial charge in [-0.05, 0) is 49.4 Å². The Morgan fingerprint density at radius 2 is 1.65 bits per heavy atom. The molecule has 7 nitrogen and oxygen atoms in total. The van der Waals surface area contributed by atoms with Crippen LogP contribution < -0.4 is 4.90 Å². The number of amides is 1. The van der Waals surface area contributed by atoms with Crippen molar-refractivity contribution in [1.82, 2.24) is 4.31 Å². The van der Waals surface area contributed by atoms with Gasteiger partial charge in [0.1, 0.15) is 0 Å². The molecule has 3 aromatic carbocycles. The van der Waals surface area contributed by atoms with Crippen molar-refractivity contribution in [3.05, 3.63) is 72.3 Å². The van der Waals surface area contributed by atoms with Gasteiger partial charge in [-0.1, -0.05) is 48.9 Å². The summed E-state index contributed by atoms with van der Waals surface area (Å²) in [5, 5.41) is 1.94. The maximum atomic E-state index is 12.9. The Bertz CT molecular complexity index is 1290. The summed E-state index contributed by atoms with van der Waals surface area (Å²) in [4.78, 5) is 27.2. The number of nitrogens with zero attached hydrogens (tertiary/aromatic N) is 2. The van der Waals surface area contributed by atoms with Crippen LogP contribution in [0.15, 0.2) is 71.6 Å². The molecule has 8 heteroatoms. The molecule has 0 aromatic heterocycles. The number of carbonyl (C=O) groups excluding carboxylic acids is 2. The van der Waals surface area contributed by atoms with Gasteiger partial charge in [-0.3, -0.25) is 4.79 Å². The first-order valence-corrected chi connectivity index (χ1v) is 12.9. The topological polar surface area (TPSA) is 84.0 Å². The van der Waals surface area contributed by atoms with Crippen molar-refractivity contribution < 1.29 is 22.7 Å². The molecule has 3 aromatic rings. The van der Waals surface area contributed by atoms with Crippen molar-refractivity contribution in [3.8, 4) is 0 Å². The Labute approximate surface area is 200 Å². The Hall–Kier alpha value is -3.23. The second kappa shape index (κ2) is 10.4. The normalized spacial score (nSPS) is 14.6. The number of benzene rings is 3. The molecule has 0 saturated carbocycles. The van der Waals surface area contributed by atoms with Crippen molar-refractivity contribution in [2.45, 2.75) is 31.1 Å². The summed E-state index contributed by atoms with van der Waals surface area (Å²) in [6.45, 7) is 2.78. The zero-order chi connectivity index (χ0) is 24.1. The van der Waals surface area contributed by atoms with Gasteiger partial charge in [-0.25, -0.2) is 13.2 Å². The summed E-state index contributed by atoms with van der Waals surface area (Å²) in [6.07, 6.45) is 2.67. The van der Waals surface area contributed by atoms with Gasteiger partial charge in [0.25, 0.3) is 5.91 Å². The van der Waals surface area contributed by atoms with Crippen molar-refractivity contribution in [1.29, 1.82) is 0 Å². The molecule has 0 spiro atoms.